The summed E-state index contributed by atoms with van der Waals surface area (Å²) in [6.45, 7) is 6.25. The Morgan fingerprint density at radius 1 is 1.06 bits per heavy atom. The lowest BCUT2D eigenvalue weighted by Crippen LogP contribution is -2.02. The van der Waals surface area contributed by atoms with Crippen LogP contribution in [0.1, 0.15) is 38.2 Å². The van der Waals surface area contributed by atoms with Crippen molar-refractivity contribution in [2.75, 3.05) is 0 Å². The van der Waals surface area contributed by atoms with Gasteiger partial charge < -0.3 is 0 Å². The normalized spacial score (nSPS) is 10.6. The summed E-state index contributed by atoms with van der Waals surface area (Å²) in [6.07, 6.45) is 1.57. The average molecular weight is 258 g/mol. The number of aryl methyl sites for hydroxylation is 3. The standard InChI is InChI=1S/C16H18OS/c1-4-14-7-8-15(18-14)10-16(17)13-6-5-11(2)12(3)9-13/h5-9H,4,10H2,1-3H3. The molecule has 0 atom stereocenters. The average Bonchev–Trinajstić information content (AvgIpc) is 2.80. The molecule has 0 N–H and O–H groups in total. The highest BCUT2D eigenvalue weighted by Crippen LogP contribution is 2.19. The van der Waals surface area contributed by atoms with E-state index in [9.17, 15) is 4.79 Å². The second kappa shape index (κ2) is 5.49. The zero-order chi connectivity index (χ0) is 13.1. The van der Waals surface area contributed by atoms with Crippen molar-refractivity contribution in [2.24, 2.45) is 0 Å². The van der Waals surface area contributed by atoms with Crippen molar-refractivity contribution in [3.05, 3.63) is 56.8 Å². The molecule has 94 valence electrons. The van der Waals surface area contributed by atoms with E-state index in [1.54, 1.807) is 11.3 Å². The zero-order valence-corrected chi connectivity index (χ0v) is 11.9. The van der Waals surface area contributed by atoms with E-state index < -0.39 is 0 Å². The molecule has 0 unspecified atom stereocenters. The van der Waals surface area contributed by atoms with Gasteiger partial charge in [-0.25, -0.2) is 0 Å². The lowest BCUT2D eigenvalue weighted by Gasteiger charge is -2.03. The van der Waals surface area contributed by atoms with E-state index in [-0.39, 0.29) is 5.78 Å². The quantitative estimate of drug-likeness (QED) is 0.745. The van der Waals surface area contributed by atoms with Crippen molar-refractivity contribution in [3.63, 3.8) is 0 Å². The lowest BCUT2D eigenvalue weighted by molar-refractivity contribution is 0.0993. The topological polar surface area (TPSA) is 17.1 Å². The zero-order valence-electron chi connectivity index (χ0n) is 11.1. The predicted molar refractivity (Wildman–Crippen MR) is 77.6 cm³/mol. The number of rotatable bonds is 4. The van der Waals surface area contributed by atoms with Gasteiger partial charge in [0, 0.05) is 21.7 Å². The Labute approximate surface area is 112 Å². The van der Waals surface area contributed by atoms with Crippen molar-refractivity contribution in [1.82, 2.24) is 0 Å². The van der Waals surface area contributed by atoms with Gasteiger partial charge in [-0.1, -0.05) is 19.1 Å². The molecule has 0 radical (unpaired) electrons. The van der Waals surface area contributed by atoms with E-state index in [1.165, 1.54) is 16.0 Å². The second-order valence-electron chi connectivity index (χ2n) is 4.62. The maximum atomic E-state index is 12.2. The number of carbonyl (C=O) groups excluding carboxylic acids is 1. The summed E-state index contributed by atoms with van der Waals surface area (Å²) in [7, 11) is 0. The second-order valence-corrected chi connectivity index (χ2v) is 5.87. The number of carbonyl (C=O) groups is 1. The van der Waals surface area contributed by atoms with Crippen LogP contribution < -0.4 is 0 Å². The molecule has 1 aromatic carbocycles. The molecule has 1 nitrogen and oxygen atoms in total. The molecule has 0 fully saturated rings. The van der Waals surface area contributed by atoms with E-state index in [2.05, 4.69) is 26.0 Å². The van der Waals surface area contributed by atoms with Crippen molar-refractivity contribution in [3.8, 4) is 0 Å². The number of hydrogen-bond acceptors (Lipinski definition) is 2. The first-order valence-electron chi connectivity index (χ1n) is 6.28. The minimum absolute atomic E-state index is 0.211. The Hall–Kier alpha value is -1.41. The van der Waals surface area contributed by atoms with Gasteiger partial charge in [0.15, 0.2) is 5.78 Å². The van der Waals surface area contributed by atoms with Crippen LogP contribution >= 0.6 is 11.3 Å². The Bertz CT molecular complexity index is 566. The summed E-state index contributed by atoms with van der Waals surface area (Å²) in [6, 6.07) is 10.1. The van der Waals surface area contributed by atoms with Crippen LogP contribution in [0.5, 0.6) is 0 Å². The summed E-state index contributed by atoms with van der Waals surface area (Å²) in [5.41, 5.74) is 3.24. The smallest absolute Gasteiger partial charge is 0.168 e. The largest absolute Gasteiger partial charge is 0.294 e. The fourth-order valence-corrected chi connectivity index (χ4v) is 2.84. The molecular weight excluding hydrogens is 240 g/mol. The Morgan fingerprint density at radius 3 is 2.39 bits per heavy atom. The van der Waals surface area contributed by atoms with Crippen LogP contribution in [-0.4, -0.2) is 5.78 Å². The van der Waals surface area contributed by atoms with Crippen LogP contribution in [-0.2, 0) is 12.8 Å². The van der Waals surface area contributed by atoms with Crippen molar-refractivity contribution in [2.45, 2.75) is 33.6 Å². The van der Waals surface area contributed by atoms with Crippen LogP contribution in [0.15, 0.2) is 30.3 Å². The molecule has 0 saturated heterocycles. The van der Waals surface area contributed by atoms with E-state index in [0.717, 1.165) is 16.9 Å². The van der Waals surface area contributed by atoms with Gasteiger partial charge in [-0.05, 0) is 49.6 Å². The molecule has 0 spiro atoms. The third-order valence-corrected chi connectivity index (χ3v) is 4.46. The molecule has 1 heterocycles. The van der Waals surface area contributed by atoms with Gasteiger partial charge >= 0.3 is 0 Å². The highest BCUT2D eigenvalue weighted by Gasteiger charge is 2.09. The summed E-state index contributed by atoms with van der Waals surface area (Å²) >= 11 is 1.74. The molecule has 0 aliphatic rings. The van der Waals surface area contributed by atoms with Crippen LogP contribution in [0.4, 0.5) is 0 Å². The molecule has 0 bridgehead atoms. The van der Waals surface area contributed by atoms with Gasteiger partial charge in [0.2, 0.25) is 0 Å². The molecule has 1 aromatic heterocycles. The molecule has 2 aromatic rings. The van der Waals surface area contributed by atoms with Gasteiger partial charge in [0.25, 0.3) is 0 Å². The van der Waals surface area contributed by atoms with Crippen molar-refractivity contribution >= 4 is 17.1 Å². The number of benzene rings is 1. The van der Waals surface area contributed by atoms with E-state index in [4.69, 9.17) is 0 Å². The van der Waals surface area contributed by atoms with Gasteiger partial charge in [-0.15, -0.1) is 11.3 Å². The summed E-state index contributed by atoms with van der Waals surface area (Å²) < 4.78 is 0. The number of thiophene rings is 1. The molecule has 2 heteroatoms. The first kappa shape index (κ1) is 13.0. The van der Waals surface area contributed by atoms with E-state index in [1.807, 2.05) is 25.1 Å². The Balaban J connectivity index is 2.14. The number of ketones is 1. The fourth-order valence-electron chi connectivity index (χ4n) is 1.88. The van der Waals surface area contributed by atoms with E-state index in [0.29, 0.717) is 6.42 Å². The highest BCUT2D eigenvalue weighted by atomic mass is 32.1. The van der Waals surface area contributed by atoms with Gasteiger partial charge in [-0.3, -0.25) is 4.79 Å². The van der Waals surface area contributed by atoms with Crippen LogP contribution in [0.25, 0.3) is 0 Å². The summed E-state index contributed by atoms with van der Waals surface area (Å²) in [5.74, 6) is 0.211. The molecule has 18 heavy (non-hydrogen) atoms. The predicted octanol–water partition coefficient (Wildman–Crippen LogP) is 4.35. The van der Waals surface area contributed by atoms with Crippen LogP contribution in [0.3, 0.4) is 0 Å². The van der Waals surface area contributed by atoms with Crippen LogP contribution in [0, 0.1) is 13.8 Å². The molecular formula is C16H18OS. The van der Waals surface area contributed by atoms with Gasteiger partial charge in [0.05, 0.1) is 0 Å². The first-order chi connectivity index (χ1) is 8.60. The number of Topliss-reactive ketones (excluding diaryl/α,β-unsaturated/α-hetero) is 1. The lowest BCUT2D eigenvalue weighted by atomic mass is 10.0. The Morgan fingerprint density at radius 2 is 1.78 bits per heavy atom. The van der Waals surface area contributed by atoms with Crippen LogP contribution in [0.2, 0.25) is 0 Å². The maximum Gasteiger partial charge on any atom is 0.168 e. The van der Waals surface area contributed by atoms with E-state index >= 15 is 0 Å². The summed E-state index contributed by atoms with van der Waals surface area (Å²) in [4.78, 5) is 14.7. The third kappa shape index (κ3) is 2.88. The number of hydrogen-bond donors (Lipinski definition) is 0. The molecule has 0 saturated carbocycles. The monoisotopic (exact) mass is 258 g/mol. The van der Waals surface area contributed by atoms with Crippen molar-refractivity contribution < 1.29 is 4.79 Å². The SMILES string of the molecule is CCc1ccc(CC(=O)c2ccc(C)c(C)c2)s1. The van der Waals surface area contributed by atoms with Crippen molar-refractivity contribution in [1.29, 1.82) is 0 Å². The minimum Gasteiger partial charge on any atom is -0.294 e. The van der Waals surface area contributed by atoms with Gasteiger partial charge in [0.1, 0.15) is 0 Å². The molecule has 0 aliphatic heterocycles. The fraction of sp³-hybridized carbons (Fsp3) is 0.312. The Kier molecular flexibility index (Phi) is 3.97. The molecule has 2 rings (SSSR count). The highest BCUT2D eigenvalue weighted by molar-refractivity contribution is 7.12. The molecule has 0 aliphatic carbocycles. The minimum atomic E-state index is 0.211. The third-order valence-electron chi connectivity index (χ3n) is 3.23. The maximum absolute atomic E-state index is 12.2. The summed E-state index contributed by atoms with van der Waals surface area (Å²) in [5, 5.41) is 0. The molecule has 0 amide bonds. The first-order valence-corrected chi connectivity index (χ1v) is 7.10. The van der Waals surface area contributed by atoms with Gasteiger partial charge in [-0.2, -0.15) is 0 Å².